The number of carbonyl (C=O) groups excluding carboxylic acids is 1. The topological polar surface area (TPSA) is 85.8 Å². The normalized spacial score (nSPS) is 10.8. The van der Waals surface area contributed by atoms with Gasteiger partial charge in [-0.2, -0.15) is 10.1 Å². The van der Waals surface area contributed by atoms with Crippen molar-refractivity contribution in [2.45, 2.75) is 19.4 Å². The molecule has 0 fully saturated rings. The molecule has 146 valence electrons. The lowest BCUT2D eigenvalue weighted by Gasteiger charge is -2.11. The van der Waals surface area contributed by atoms with Gasteiger partial charge >= 0.3 is 0 Å². The summed E-state index contributed by atoms with van der Waals surface area (Å²) in [5.74, 6) is 0.765. The van der Waals surface area contributed by atoms with E-state index in [1.54, 1.807) is 18.3 Å². The number of benzene rings is 2. The Labute approximate surface area is 172 Å². The van der Waals surface area contributed by atoms with Crippen molar-refractivity contribution in [3.63, 3.8) is 0 Å². The summed E-state index contributed by atoms with van der Waals surface area (Å²) in [4.78, 5) is 16.8. The fourth-order valence-electron chi connectivity index (χ4n) is 2.85. The molecule has 0 atom stereocenters. The summed E-state index contributed by atoms with van der Waals surface area (Å²) in [6, 6.07) is 16.7. The minimum Gasteiger partial charge on any atom is -0.339 e. The van der Waals surface area contributed by atoms with E-state index in [0.717, 1.165) is 16.8 Å². The number of halogens is 1. The first-order valence-electron chi connectivity index (χ1n) is 9.11. The van der Waals surface area contributed by atoms with Crippen molar-refractivity contribution in [2.24, 2.45) is 0 Å². The van der Waals surface area contributed by atoms with E-state index < -0.39 is 0 Å². The Kier molecular flexibility index (Phi) is 5.67. The third kappa shape index (κ3) is 4.89. The van der Waals surface area contributed by atoms with Crippen LogP contribution in [0.1, 0.15) is 17.9 Å². The number of aryl methyl sites for hydroxylation is 1. The lowest BCUT2D eigenvalue weighted by molar-refractivity contribution is -0.116. The summed E-state index contributed by atoms with van der Waals surface area (Å²) in [6.45, 7) is 0.581. The number of anilines is 1. The monoisotopic (exact) mass is 407 g/mol. The van der Waals surface area contributed by atoms with Gasteiger partial charge in [0.1, 0.15) is 0 Å². The Bertz CT molecular complexity index is 1090. The van der Waals surface area contributed by atoms with Crippen LogP contribution in [0, 0.1) is 0 Å². The van der Waals surface area contributed by atoms with E-state index in [0.29, 0.717) is 29.7 Å². The van der Waals surface area contributed by atoms with Gasteiger partial charge in [-0.3, -0.25) is 9.48 Å². The lowest BCUT2D eigenvalue weighted by atomic mass is 10.1. The van der Waals surface area contributed by atoms with Gasteiger partial charge in [0, 0.05) is 41.5 Å². The number of aromatic nitrogens is 4. The third-order valence-corrected chi connectivity index (χ3v) is 4.57. The molecule has 0 unspecified atom stereocenters. The molecule has 8 heteroatoms. The molecular formula is C21H18ClN5O2. The fraction of sp³-hybridized carbons (Fsp3) is 0.143. The molecule has 1 amide bonds. The molecule has 2 aromatic heterocycles. The highest BCUT2D eigenvalue weighted by atomic mass is 35.5. The van der Waals surface area contributed by atoms with Crippen LogP contribution < -0.4 is 5.32 Å². The number of hydrogen-bond acceptors (Lipinski definition) is 5. The van der Waals surface area contributed by atoms with Crippen LogP contribution in [0.25, 0.3) is 11.4 Å². The molecule has 0 aliphatic carbocycles. The van der Waals surface area contributed by atoms with Crippen LogP contribution in [0.2, 0.25) is 5.02 Å². The van der Waals surface area contributed by atoms with Crippen molar-refractivity contribution in [3.8, 4) is 11.4 Å². The van der Waals surface area contributed by atoms with Crippen molar-refractivity contribution in [3.05, 3.63) is 83.5 Å². The number of amides is 1. The van der Waals surface area contributed by atoms with Crippen molar-refractivity contribution < 1.29 is 9.32 Å². The Balaban J connectivity index is 1.36. The molecule has 4 rings (SSSR count). The highest BCUT2D eigenvalue weighted by molar-refractivity contribution is 6.30. The van der Waals surface area contributed by atoms with Gasteiger partial charge in [-0.05, 0) is 42.0 Å². The Morgan fingerprint density at radius 2 is 1.93 bits per heavy atom. The summed E-state index contributed by atoms with van der Waals surface area (Å²) >= 11 is 5.89. The van der Waals surface area contributed by atoms with Gasteiger partial charge in [-0.15, -0.1) is 0 Å². The van der Waals surface area contributed by atoms with E-state index in [1.807, 2.05) is 53.3 Å². The summed E-state index contributed by atoms with van der Waals surface area (Å²) in [7, 11) is 0. The molecule has 4 aromatic rings. The number of nitrogens with zero attached hydrogens (tertiary/aromatic N) is 4. The number of nitrogens with one attached hydrogen (secondary N) is 1. The van der Waals surface area contributed by atoms with E-state index >= 15 is 0 Å². The largest absolute Gasteiger partial charge is 0.339 e. The molecule has 2 heterocycles. The molecule has 29 heavy (non-hydrogen) atoms. The number of rotatable bonds is 7. The Hall–Kier alpha value is -3.45. The average Bonchev–Trinajstić information content (AvgIpc) is 3.41. The zero-order valence-electron chi connectivity index (χ0n) is 15.5. The second-order valence-corrected chi connectivity index (χ2v) is 6.86. The van der Waals surface area contributed by atoms with Crippen LogP contribution in [-0.2, 0) is 17.8 Å². The molecule has 0 radical (unpaired) electrons. The molecule has 1 N–H and O–H groups in total. The average molecular weight is 408 g/mol. The SMILES string of the molecule is O=C(CCc1nc(-c2ccc(Cl)cc2)no1)Nc1ccccc1Cn1cccn1. The lowest BCUT2D eigenvalue weighted by Crippen LogP contribution is -2.14. The van der Waals surface area contributed by atoms with E-state index in [1.165, 1.54) is 0 Å². The predicted molar refractivity (Wildman–Crippen MR) is 109 cm³/mol. The van der Waals surface area contributed by atoms with Crippen LogP contribution in [-0.4, -0.2) is 25.8 Å². The van der Waals surface area contributed by atoms with E-state index in [2.05, 4.69) is 20.6 Å². The summed E-state index contributed by atoms with van der Waals surface area (Å²) in [6.07, 6.45) is 4.20. The van der Waals surface area contributed by atoms with Crippen molar-refractivity contribution >= 4 is 23.2 Å². The maximum absolute atomic E-state index is 12.4. The Morgan fingerprint density at radius 3 is 2.72 bits per heavy atom. The van der Waals surface area contributed by atoms with Gasteiger partial charge in [0.25, 0.3) is 0 Å². The minimum absolute atomic E-state index is 0.121. The molecule has 0 spiro atoms. The standard InChI is InChI=1S/C21H18ClN5O2/c22-17-8-6-15(7-9-17)21-25-20(29-26-21)11-10-19(28)24-18-5-2-1-4-16(18)14-27-13-3-12-23-27/h1-9,12-13H,10-11,14H2,(H,24,28). The van der Waals surface area contributed by atoms with Gasteiger partial charge in [0.15, 0.2) is 0 Å². The van der Waals surface area contributed by atoms with Gasteiger partial charge in [-0.1, -0.05) is 35.0 Å². The third-order valence-electron chi connectivity index (χ3n) is 4.32. The molecule has 2 aromatic carbocycles. The first kappa shape index (κ1) is 18.9. The quantitative estimate of drug-likeness (QED) is 0.496. The van der Waals surface area contributed by atoms with Gasteiger partial charge < -0.3 is 9.84 Å². The van der Waals surface area contributed by atoms with Crippen LogP contribution in [0.5, 0.6) is 0 Å². The zero-order valence-corrected chi connectivity index (χ0v) is 16.2. The fourth-order valence-corrected chi connectivity index (χ4v) is 2.98. The van der Waals surface area contributed by atoms with E-state index in [9.17, 15) is 4.79 Å². The second kappa shape index (κ2) is 8.70. The molecule has 0 aliphatic heterocycles. The van der Waals surface area contributed by atoms with Crippen molar-refractivity contribution in [2.75, 3.05) is 5.32 Å². The van der Waals surface area contributed by atoms with Crippen LogP contribution in [0.15, 0.2) is 71.5 Å². The van der Waals surface area contributed by atoms with Crippen LogP contribution in [0.4, 0.5) is 5.69 Å². The predicted octanol–water partition coefficient (Wildman–Crippen LogP) is 4.21. The molecule has 7 nitrogen and oxygen atoms in total. The van der Waals surface area contributed by atoms with Gasteiger partial charge in [0.05, 0.1) is 6.54 Å². The van der Waals surface area contributed by atoms with Crippen molar-refractivity contribution in [1.82, 2.24) is 19.9 Å². The first-order chi connectivity index (χ1) is 14.2. The minimum atomic E-state index is -0.121. The maximum Gasteiger partial charge on any atom is 0.227 e. The number of carbonyl (C=O) groups is 1. The molecular weight excluding hydrogens is 390 g/mol. The highest BCUT2D eigenvalue weighted by Gasteiger charge is 2.12. The zero-order chi connectivity index (χ0) is 20.1. The molecule has 0 saturated carbocycles. The number of hydrogen-bond donors (Lipinski definition) is 1. The van der Waals surface area contributed by atoms with E-state index in [4.69, 9.17) is 16.1 Å². The number of para-hydroxylation sites is 1. The molecule has 0 saturated heterocycles. The first-order valence-corrected chi connectivity index (χ1v) is 9.49. The molecule has 0 bridgehead atoms. The van der Waals surface area contributed by atoms with Crippen molar-refractivity contribution in [1.29, 1.82) is 0 Å². The maximum atomic E-state index is 12.4. The summed E-state index contributed by atoms with van der Waals surface area (Å²) in [5.41, 5.74) is 2.55. The highest BCUT2D eigenvalue weighted by Crippen LogP contribution is 2.20. The smallest absolute Gasteiger partial charge is 0.227 e. The van der Waals surface area contributed by atoms with Crippen LogP contribution in [0.3, 0.4) is 0 Å². The Morgan fingerprint density at radius 1 is 1.10 bits per heavy atom. The van der Waals surface area contributed by atoms with Crippen LogP contribution >= 0.6 is 11.6 Å². The summed E-state index contributed by atoms with van der Waals surface area (Å²) in [5, 5.41) is 11.8. The second-order valence-electron chi connectivity index (χ2n) is 6.43. The summed E-state index contributed by atoms with van der Waals surface area (Å²) < 4.78 is 7.07. The van der Waals surface area contributed by atoms with Gasteiger partial charge in [-0.25, -0.2) is 0 Å². The molecule has 0 aliphatic rings. The van der Waals surface area contributed by atoms with Gasteiger partial charge in [0.2, 0.25) is 17.6 Å². The van der Waals surface area contributed by atoms with E-state index in [-0.39, 0.29) is 12.3 Å².